The van der Waals surface area contributed by atoms with Crippen molar-refractivity contribution in [2.75, 3.05) is 0 Å². The van der Waals surface area contributed by atoms with Crippen molar-refractivity contribution < 1.29 is 9.90 Å². The van der Waals surface area contributed by atoms with Gasteiger partial charge in [0.1, 0.15) is 5.54 Å². The topological polar surface area (TPSA) is 63.3 Å². The number of carboxylic acid groups (broad SMARTS) is 1. The second kappa shape index (κ2) is 3.37. The lowest BCUT2D eigenvalue weighted by atomic mass is 10.00. The highest BCUT2D eigenvalue weighted by Crippen LogP contribution is 2.05. The van der Waals surface area contributed by atoms with Gasteiger partial charge < -0.3 is 10.8 Å². The van der Waals surface area contributed by atoms with E-state index in [1.165, 1.54) is 6.92 Å². The molecule has 0 amide bonds. The molecule has 0 aromatic heterocycles. The predicted molar refractivity (Wildman–Crippen MR) is 39.7 cm³/mol. The molecule has 0 radical (unpaired) electrons. The first-order chi connectivity index (χ1) is 4.50. The van der Waals surface area contributed by atoms with Crippen molar-refractivity contribution >= 4 is 5.97 Å². The number of rotatable bonds is 3. The van der Waals surface area contributed by atoms with Crippen LogP contribution in [-0.2, 0) is 4.79 Å². The van der Waals surface area contributed by atoms with Crippen LogP contribution in [0.15, 0.2) is 12.2 Å². The zero-order valence-electron chi connectivity index (χ0n) is 6.29. The largest absolute Gasteiger partial charge is 0.480 e. The van der Waals surface area contributed by atoms with Gasteiger partial charge in [-0.1, -0.05) is 12.2 Å². The van der Waals surface area contributed by atoms with Gasteiger partial charge in [0.2, 0.25) is 0 Å². The van der Waals surface area contributed by atoms with Crippen molar-refractivity contribution in [2.45, 2.75) is 25.8 Å². The number of nitrogens with two attached hydrogens (primary N) is 1. The Morgan fingerprint density at radius 1 is 1.80 bits per heavy atom. The molecule has 0 bridgehead atoms. The summed E-state index contributed by atoms with van der Waals surface area (Å²) in [6.07, 6.45) is 3.90. The summed E-state index contributed by atoms with van der Waals surface area (Å²) in [5, 5.41) is 8.51. The molecule has 0 spiro atoms. The van der Waals surface area contributed by atoms with E-state index in [1.807, 2.05) is 6.92 Å². The molecule has 0 heterocycles. The van der Waals surface area contributed by atoms with Crippen molar-refractivity contribution in [3.05, 3.63) is 12.2 Å². The zero-order valence-corrected chi connectivity index (χ0v) is 6.29. The van der Waals surface area contributed by atoms with Crippen LogP contribution in [0.25, 0.3) is 0 Å². The lowest BCUT2D eigenvalue weighted by Gasteiger charge is -2.15. The van der Waals surface area contributed by atoms with E-state index in [1.54, 1.807) is 12.2 Å². The highest BCUT2D eigenvalue weighted by atomic mass is 16.4. The molecule has 0 saturated heterocycles. The van der Waals surface area contributed by atoms with E-state index in [9.17, 15) is 4.79 Å². The third kappa shape index (κ3) is 2.64. The molecule has 0 aliphatic heterocycles. The van der Waals surface area contributed by atoms with Gasteiger partial charge in [-0.3, -0.25) is 4.79 Å². The first-order valence-corrected chi connectivity index (χ1v) is 3.14. The van der Waals surface area contributed by atoms with Gasteiger partial charge in [0.15, 0.2) is 0 Å². The van der Waals surface area contributed by atoms with Gasteiger partial charge in [0.25, 0.3) is 0 Å². The first-order valence-electron chi connectivity index (χ1n) is 3.14. The number of hydrogen-bond acceptors (Lipinski definition) is 2. The van der Waals surface area contributed by atoms with Crippen LogP contribution in [0.1, 0.15) is 20.3 Å². The Bertz CT molecular complexity index is 150. The summed E-state index contributed by atoms with van der Waals surface area (Å²) in [7, 11) is 0. The molecular weight excluding hydrogens is 130 g/mol. The number of carboxylic acids is 1. The minimum absolute atomic E-state index is 0.374. The van der Waals surface area contributed by atoms with Gasteiger partial charge in [-0.15, -0.1) is 0 Å². The van der Waals surface area contributed by atoms with Gasteiger partial charge in [0.05, 0.1) is 0 Å². The predicted octanol–water partition coefficient (Wildman–Crippen LogP) is 0.755. The monoisotopic (exact) mass is 143 g/mol. The summed E-state index contributed by atoms with van der Waals surface area (Å²) < 4.78 is 0. The standard InChI is InChI=1S/C7H13NO2/c1-3-4-5-7(2,8)6(9)10/h3-4H,5,8H2,1-2H3,(H,9,10)/b4-3+. The quantitative estimate of drug-likeness (QED) is 0.573. The Hall–Kier alpha value is -0.830. The summed E-state index contributed by atoms with van der Waals surface area (Å²) in [6.45, 7) is 3.33. The minimum Gasteiger partial charge on any atom is -0.480 e. The van der Waals surface area contributed by atoms with Crippen LogP contribution < -0.4 is 5.73 Å². The van der Waals surface area contributed by atoms with Gasteiger partial charge >= 0.3 is 5.97 Å². The Kier molecular flexibility index (Phi) is 3.09. The van der Waals surface area contributed by atoms with E-state index in [-0.39, 0.29) is 0 Å². The summed E-state index contributed by atoms with van der Waals surface area (Å²) in [6, 6.07) is 0. The Balaban J connectivity index is 3.99. The van der Waals surface area contributed by atoms with E-state index in [4.69, 9.17) is 10.8 Å². The highest BCUT2D eigenvalue weighted by Gasteiger charge is 2.25. The second-order valence-electron chi connectivity index (χ2n) is 2.50. The fourth-order valence-corrected chi connectivity index (χ4v) is 0.450. The van der Waals surface area contributed by atoms with E-state index >= 15 is 0 Å². The smallest absolute Gasteiger partial charge is 0.323 e. The summed E-state index contributed by atoms with van der Waals surface area (Å²) >= 11 is 0. The van der Waals surface area contributed by atoms with E-state index < -0.39 is 11.5 Å². The van der Waals surface area contributed by atoms with Crippen LogP contribution >= 0.6 is 0 Å². The van der Waals surface area contributed by atoms with Crippen molar-refractivity contribution in [3.63, 3.8) is 0 Å². The van der Waals surface area contributed by atoms with Gasteiger partial charge in [0, 0.05) is 0 Å². The van der Waals surface area contributed by atoms with Crippen molar-refractivity contribution in [2.24, 2.45) is 5.73 Å². The van der Waals surface area contributed by atoms with Crippen LogP contribution in [0.4, 0.5) is 0 Å². The fraction of sp³-hybridized carbons (Fsp3) is 0.571. The maximum Gasteiger partial charge on any atom is 0.323 e. The summed E-state index contributed by atoms with van der Waals surface area (Å²) in [5.41, 5.74) is 4.28. The molecule has 1 unspecified atom stereocenters. The minimum atomic E-state index is -1.12. The first kappa shape index (κ1) is 9.17. The molecule has 1 atom stereocenters. The lowest BCUT2D eigenvalue weighted by molar-refractivity contribution is -0.142. The van der Waals surface area contributed by atoms with Crippen LogP contribution in [0, 0.1) is 0 Å². The van der Waals surface area contributed by atoms with Gasteiger partial charge in [-0.25, -0.2) is 0 Å². The van der Waals surface area contributed by atoms with Crippen molar-refractivity contribution in [1.82, 2.24) is 0 Å². The molecule has 3 nitrogen and oxygen atoms in total. The van der Waals surface area contributed by atoms with Crippen LogP contribution in [0.2, 0.25) is 0 Å². The van der Waals surface area contributed by atoms with Crippen molar-refractivity contribution in [3.8, 4) is 0 Å². The molecule has 0 rings (SSSR count). The maximum absolute atomic E-state index is 10.4. The molecule has 0 fully saturated rings. The Morgan fingerprint density at radius 2 is 2.30 bits per heavy atom. The highest BCUT2D eigenvalue weighted by molar-refractivity contribution is 5.78. The Labute approximate surface area is 60.5 Å². The molecule has 0 aromatic carbocycles. The molecule has 10 heavy (non-hydrogen) atoms. The number of allylic oxidation sites excluding steroid dienone is 1. The molecule has 0 aliphatic rings. The summed E-state index contributed by atoms with van der Waals surface area (Å²) in [4.78, 5) is 10.4. The SMILES string of the molecule is C/C=C/CC(C)(N)C(=O)O. The van der Waals surface area contributed by atoms with E-state index in [0.717, 1.165) is 0 Å². The molecule has 3 heteroatoms. The number of aliphatic carboxylic acids is 1. The number of hydrogen-bond donors (Lipinski definition) is 2. The third-order valence-electron chi connectivity index (χ3n) is 1.27. The normalized spacial score (nSPS) is 17.1. The summed E-state index contributed by atoms with van der Waals surface area (Å²) in [5.74, 6) is -0.967. The molecule has 0 aliphatic carbocycles. The Morgan fingerprint density at radius 3 is 2.60 bits per heavy atom. The molecule has 0 aromatic rings. The van der Waals surface area contributed by atoms with Crippen LogP contribution in [0.5, 0.6) is 0 Å². The average Bonchev–Trinajstić information content (AvgIpc) is 1.84. The lowest BCUT2D eigenvalue weighted by Crippen LogP contribution is -2.44. The number of carbonyl (C=O) groups is 1. The molecule has 3 N–H and O–H groups in total. The van der Waals surface area contributed by atoms with E-state index in [2.05, 4.69) is 0 Å². The molecule has 58 valence electrons. The fourth-order valence-electron chi connectivity index (χ4n) is 0.450. The average molecular weight is 143 g/mol. The molecular formula is C7H13NO2. The zero-order chi connectivity index (χ0) is 8.20. The third-order valence-corrected chi connectivity index (χ3v) is 1.27. The van der Waals surface area contributed by atoms with E-state index in [0.29, 0.717) is 6.42 Å². The van der Waals surface area contributed by atoms with Gasteiger partial charge in [-0.05, 0) is 20.3 Å². The van der Waals surface area contributed by atoms with Crippen LogP contribution in [0.3, 0.4) is 0 Å². The van der Waals surface area contributed by atoms with Gasteiger partial charge in [-0.2, -0.15) is 0 Å². The van der Waals surface area contributed by atoms with Crippen LogP contribution in [-0.4, -0.2) is 16.6 Å². The molecule has 0 saturated carbocycles. The maximum atomic E-state index is 10.4. The second-order valence-corrected chi connectivity index (χ2v) is 2.50. The van der Waals surface area contributed by atoms with Crippen molar-refractivity contribution in [1.29, 1.82) is 0 Å².